The molecule has 194 valence electrons. The Morgan fingerprint density at radius 3 is 2.49 bits per heavy atom. The summed E-state index contributed by atoms with van der Waals surface area (Å²) in [6.07, 6.45) is 5.93. The van der Waals surface area contributed by atoms with Gasteiger partial charge >= 0.3 is 0 Å². The number of nitrogens with zero attached hydrogens (tertiary/aromatic N) is 2. The van der Waals surface area contributed by atoms with Crippen LogP contribution < -0.4 is 4.74 Å². The van der Waals surface area contributed by atoms with E-state index < -0.39 is 0 Å². The van der Waals surface area contributed by atoms with Crippen LogP contribution in [0.25, 0.3) is 10.9 Å². The highest BCUT2D eigenvalue weighted by molar-refractivity contribution is 5.94. The number of benzene rings is 2. The molecule has 0 aliphatic rings. The number of hydrogen-bond donors (Lipinski definition) is 1. The Hall–Kier alpha value is -4.00. The van der Waals surface area contributed by atoms with Crippen LogP contribution in [0.15, 0.2) is 77.5 Å². The third-order valence-electron chi connectivity index (χ3n) is 6.41. The molecule has 7 heteroatoms. The summed E-state index contributed by atoms with van der Waals surface area (Å²) in [6, 6.07) is 19.3. The Bertz CT molecular complexity index is 1280. The largest absolute Gasteiger partial charge is 0.494 e. The van der Waals surface area contributed by atoms with Crippen molar-refractivity contribution < 1.29 is 18.7 Å². The summed E-state index contributed by atoms with van der Waals surface area (Å²) >= 11 is 0. The van der Waals surface area contributed by atoms with Crippen molar-refractivity contribution in [3.8, 4) is 5.75 Å². The first-order valence-electron chi connectivity index (χ1n) is 13.0. The van der Waals surface area contributed by atoms with Crippen LogP contribution in [-0.2, 0) is 17.8 Å². The summed E-state index contributed by atoms with van der Waals surface area (Å²) in [7, 11) is 0. The smallest absolute Gasteiger partial charge is 0.290 e. The van der Waals surface area contributed by atoms with Gasteiger partial charge in [0.05, 0.1) is 12.9 Å². The number of nitrogens with one attached hydrogen (secondary N) is 1. The van der Waals surface area contributed by atoms with E-state index in [4.69, 9.17) is 9.15 Å². The maximum atomic E-state index is 13.7. The molecular formula is C30H35N3O4. The lowest BCUT2D eigenvalue weighted by Crippen LogP contribution is -2.43. The zero-order valence-corrected chi connectivity index (χ0v) is 21.6. The number of aromatic nitrogens is 1. The fraction of sp³-hybridized carbons (Fsp3) is 0.333. The second kappa shape index (κ2) is 12.8. The molecule has 2 heterocycles. The van der Waals surface area contributed by atoms with E-state index in [-0.39, 0.29) is 24.1 Å². The van der Waals surface area contributed by atoms with Gasteiger partial charge in [-0.25, -0.2) is 0 Å². The molecule has 0 spiro atoms. The van der Waals surface area contributed by atoms with E-state index in [0.717, 1.165) is 40.6 Å². The van der Waals surface area contributed by atoms with Crippen LogP contribution in [0.4, 0.5) is 0 Å². The second-order valence-electron chi connectivity index (χ2n) is 9.06. The number of para-hydroxylation sites is 1. The predicted octanol–water partition coefficient (Wildman–Crippen LogP) is 5.67. The zero-order chi connectivity index (χ0) is 26.0. The molecule has 0 fully saturated rings. The number of amides is 2. The van der Waals surface area contributed by atoms with Gasteiger partial charge in [-0.3, -0.25) is 9.59 Å². The van der Waals surface area contributed by atoms with Gasteiger partial charge in [0.2, 0.25) is 5.91 Å². The van der Waals surface area contributed by atoms with Crippen molar-refractivity contribution >= 4 is 22.7 Å². The van der Waals surface area contributed by atoms with Gasteiger partial charge < -0.3 is 23.9 Å². The monoisotopic (exact) mass is 501 g/mol. The van der Waals surface area contributed by atoms with E-state index >= 15 is 0 Å². The van der Waals surface area contributed by atoms with Crippen LogP contribution in [-0.4, -0.2) is 52.8 Å². The highest BCUT2D eigenvalue weighted by Crippen LogP contribution is 2.20. The number of rotatable bonds is 13. The van der Waals surface area contributed by atoms with Crippen molar-refractivity contribution in [1.82, 2.24) is 14.8 Å². The molecule has 4 aromatic rings. The van der Waals surface area contributed by atoms with Crippen LogP contribution in [0.1, 0.15) is 48.4 Å². The molecule has 0 bridgehead atoms. The molecule has 37 heavy (non-hydrogen) atoms. The van der Waals surface area contributed by atoms with E-state index in [1.165, 1.54) is 6.26 Å². The van der Waals surface area contributed by atoms with E-state index in [0.29, 0.717) is 32.7 Å². The van der Waals surface area contributed by atoms with Gasteiger partial charge in [0.25, 0.3) is 5.91 Å². The number of aromatic amines is 1. The van der Waals surface area contributed by atoms with Gasteiger partial charge in [-0.15, -0.1) is 0 Å². The summed E-state index contributed by atoms with van der Waals surface area (Å²) in [6.45, 7) is 6.11. The minimum absolute atomic E-state index is 0.00441. The lowest BCUT2D eigenvalue weighted by molar-refractivity contribution is -0.132. The normalized spacial score (nSPS) is 11.0. The molecule has 0 saturated carbocycles. The maximum absolute atomic E-state index is 13.7. The van der Waals surface area contributed by atoms with Crippen molar-refractivity contribution in [3.63, 3.8) is 0 Å². The van der Waals surface area contributed by atoms with E-state index in [1.54, 1.807) is 17.0 Å². The average molecular weight is 502 g/mol. The van der Waals surface area contributed by atoms with Gasteiger partial charge in [-0.1, -0.05) is 43.7 Å². The predicted molar refractivity (Wildman–Crippen MR) is 145 cm³/mol. The van der Waals surface area contributed by atoms with Crippen LogP contribution >= 0.6 is 0 Å². The van der Waals surface area contributed by atoms with Gasteiger partial charge in [0.1, 0.15) is 12.3 Å². The van der Waals surface area contributed by atoms with E-state index in [1.807, 2.05) is 60.5 Å². The highest BCUT2D eigenvalue weighted by Gasteiger charge is 2.24. The minimum Gasteiger partial charge on any atom is -0.494 e. The first-order valence-corrected chi connectivity index (χ1v) is 13.0. The number of H-pyrrole nitrogens is 1. The third-order valence-corrected chi connectivity index (χ3v) is 6.41. The van der Waals surface area contributed by atoms with Crippen molar-refractivity contribution in [2.75, 3.05) is 26.2 Å². The summed E-state index contributed by atoms with van der Waals surface area (Å²) in [5.41, 5.74) is 3.25. The number of fused-ring (bicyclic) bond motifs is 1. The number of unbranched alkanes of at least 4 members (excludes halogenated alkanes) is 1. The summed E-state index contributed by atoms with van der Waals surface area (Å²) in [5.74, 6) is 0.702. The lowest BCUT2D eigenvalue weighted by Gasteiger charge is -2.27. The molecular weight excluding hydrogens is 466 g/mol. The Kier molecular flexibility index (Phi) is 9.03. The van der Waals surface area contributed by atoms with Crippen LogP contribution in [0.3, 0.4) is 0 Å². The molecule has 0 atom stereocenters. The minimum atomic E-state index is -0.260. The fourth-order valence-corrected chi connectivity index (χ4v) is 4.38. The fourth-order valence-electron chi connectivity index (χ4n) is 4.38. The Morgan fingerprint density at radius 2 is 1.76 bits per heavy atom. The number of hydrogen-bond acceptors (Lipinski definition) is 4. The van der Waals surface area contributed by atoms with Crippen molar-refractivity contribution in [2.45, 2.75) is 39.7 Å². The molecule has 0 saturated heterocycles. The average Bonchev–Trinajstić information content (AvgIpc) is 3.60. The molecule has 2 aromatic heterocycles. The molecule has 0 unspecified atom stereocenters. The first kappa shape index (κ1) is 26.1. The number of furan rings is 1. The molecule has 0 aliphatic carbocycles. The standard InChI is InChI=1S/C30H35N3O4/c1-3-5-17-33(30(35)28-11-8-19-37-28)22-29(34)32(21-23-12-14-25(15-13-23)36-4-2)18-16-24-20-31-27-10-7-6-9-26(24)27/h6-15,19-20,31H,3-5,16-18,21-22H2,1-2H3. The Morgan fingerprint density at radius 1 is 0.946 bits per heavy atom. The molecule has 7 nitrogen and oxygen atoms in total. The van der Waals surface area contributed by atoms with Gasteiger partial charge in [0, 0.05) is 36.7 Å². The second-order valence-corrected chi connectivity index (χ2v) is 9.06. The summed E-state index contributed by atoms with van der Waals surface area (Å²) < 4.78 is 10.9. The quantitative estimate of drug-likeness (QED) is 0.256. The van der Waals surface area contributed by atoms with Crippen molar-refractivity contribution in [1.29, 1.82) is 0 Å². The Balaban J connectivity index is 1.52. The molecule has 2 amide bonds. The number of ether oxygens (including phenoxy) is 1. The van der Waals surface area contributed by atoms with Gasteiger partial charge in [0.15, 0.2) is 5.76 Å². The lowest BCUT2D eigenvalue weighted by atomic mass is 10.1. The number of carbonyl (C=O) groups is 2. The third kappa shape index (κ3) is 6.82. The summed E-state index contributed by atoms with van der Waals surface area (Å²) in [5, 5.41) is 1.16. The van der Waals surface area contributed by atoms with E-state index in [2.05, 4.69) is 18.0 Å². The van der Waals surface area contributed by atoms with Gasteiger partial charge in [-0.05, 0) is 61.2 Å². The molecule has 4 rings (SSSR count). The molecule has 0 radical (unpaired) electrons. The maximum Gasteiger partial charge on any atom is 0.290 e. The molecule has 2 aromatic carbocycles. The van der Waals surface area contributed by atoms with Crippen LogP contribution in [0.5, 0.6) is 5.75 Å². The first-order chi connectivity index (χ1) is 18.1. The SMILES string of the molecule is CCCCN(CC(=O)N(CCc1c[nH]c2ccccc12)Cc1ccc(OCC)cc1)C(=O)c1ccco1. The van der Waals surface area contributed by atoms with Crippen LogP contribution in [0.2, 0.25) is 0 Å². The Labute approximate surface area is 218 Å². The van der Waals surface area contributed by atoms with Crippen molar-refractivity contribution in [3.05, 3.63) is 90.0 Å². The molecule has 0 aliphatic heterocycles. The van der Waals surface area contributed by atoms with Crippen LogP contribution in [0, 0.1) is 0 Å². The zero-order valence-electron chi connectivity index (χ0n) is 21.6. The summed E-state index contributed by atoms with van der Waals surface area (Å²) in [4.78, 5) is 33.5. The molecule has 1 N–H and O–H groups in total. The van der Waals surface area contributed by atoms with Crippen molar-refractivity contribution in [2.24, 2.45) is 0 Å². The van der Waals surface area contributed by atoms with Gasteiger partial charge in [-0.2, -0.15) is 0 Å². The van der Waals surface area contributed by atoms with E-state index in [9.17, 15) is 9.59 Å². The number of carbonyl (C=O) groups excluding carboxylic acids is 2. The topological polar surface area (TPSA) is 78.8 Å². The highest BCUT2D eigenvalue weighted by atomic mass is 16.5.